The molecule has 0 aliphatic rings. The summed E-state index contributed by atoms with van der Waals surface area (Å²) >= 11 is 0. The number of likely N-dealkylation sites (N-methyl/N-ethyl adjacent to an activating group) is 1. The van der Waals surface area contributed by atoms with E-state index in [0.29, 0.717) is 11.3 Å². The van der Waals surface area contributed by atoms with Gasteiger partial charge in [0.25, 0.3) is 5.91 Å². The average molecular weight is 682 g/mol. The third-order valence-electron chi connectivity index (χ3n) is 7.78. The second kappa shape index (κ2) is 16.1. The van der Waals surface area contributed by atoms with Gasteiger partial charge in [0.1, 0.15) is 6.42 Å². The fourth-order valence-corrected chi connectivity index (χ4v) is 7.22. The smallest absolute Gasteiger partial charge is 0.314 e. The number of aliphatic carboxylic acids is 2. The monoisotopic (exact) mass is 681 g/mol. The van der Waals surface area contributed by atoms with E-state index in [1.54, 1.807) is 12.1 Å². The van der Waals surface area contributed by atoms with E-state index in [-0.39, 0.29) is 33.9 Å². The van der Waals surface area contributed by atoms with E-state index < -0.39 is 28.2 Å². The highest BCUT2D eigenvalue weighted by atomic mass is 32.2. The Labute approximate surface area is 281 Å². The van der Waals surface area contributed by atoms with Crippen molar-refractivity contribution in [3.63, 3.8) is 0 Å². The first kappa shape index (κ1) is 38.0. The van der Waals surface area contributed by atoms with Gasteiger partial charge in [-0.1, -0.05) is 41.5 Å². The number of carboxylic acid groups (broad SMARTS) is 2. The molecule has 0 bridgehead atoms. The molecule has 12 nitrogen and oxygen atoms in total. The summed E-state index contributed by atoms with van der Waals surface area (Å²) in [7, 11) is -1.22. The summed E-state index contributed by atoms with van der Waals surface area (Å²) in [6.07, 6.45) is 4.88. The van der Waals surface area contributed by atoms with Crippen molar-refractivity contribution in [3.05, 3.63) is 77.2 Å². The van der Waals surface area contributed by atoms with Gasteiger partial charge in [0.05, 0.1) is 16.8 Å². The topological polar surface area (TPSA) is 186 Å². The highest BCUT2D eigenvalue weighted by molar-refractivity contribution is 7.91. The number of carbonyl (C=O) groups excluding carboxylic acids is 1. The molecule has 2 aromatic carbocycles. The molecule has 0 fully saturated rings. The van der Waals surface area contributed by atoms with Crippen LogP contribution in [0.15, 0.2) is 59.8 Å². The molecule has 5 N–H and O–H groups in total. The molecule has 2 heterocycles. The summed E-state index contributed by atoms with van der Waals surface area (Å²) in [5.41, 5.74) is 5.68. The predicted molar refractivity (Wildman–Crippen MR) is 186 cm³/mol. The maximum absolute atomic E-state index is 13.1. The highest BCUT2D eigenvalue weighted by Crippen LogP contribution is 2.34. The minimum absolute atomic E-state index is 0.0277. The Balaban J connectivity index is 0.000000804. The predicted octanol–water partition coefficient (Wildman–Crippen LogP) is 6.04. The number of aromatic nitrogens is 3. The standard InChI is InChI=1S/C32H43N5O3S.C3H4O4/c1-8-29(23-18-33-34-19-23)37(7)16-15-26-27-17-24(11-14-28(27)36-30(26)32(4,5)6)35-31(38)22-9-12-25(13-10-22)41(39,40)20-21(2)3;4-2(5)1-3(6)7/h9-14,17-19,21,29,36H,8,15-16,20H2,1-7H3,(H,33,34)(H,35,38);1H2,(H,4,5)(H,6,7). The minimum atomic E-state index is -3.37. The number of nitrogens with zero attached hydrogens (tertiary/aromatic N) is 2. The van der Waals surface area contributed by atoms with Crippen LogP contribution < -0.4 is 5.32 Å². The van der Waals surface area contributed by atoms with E-state index in [1.807, 2.05) is 44.4 Å². The zero-order chi connectivity index (χ0) is 35.8. The number of fused-ring (bicyclic) bond motifs is 1. The third-order valence-corrected chi connectivity index (χ3v) is 9.88. The molecule has 1 unspecified atom stereocenters. The lowest BCUT2D eigenvalue weighted by Crippen LogP contribution is -2.27. The quantitative estimate of drug-likeness (QED) is 0.105. The fraction of sp³-hybridized carbons (Fsp3) is 0.429. The van der Waals surface area contributed by atoms with E-state index in [0.717, 1.165) is 30.3 Å². The van der Waals surface area contributed by atoms with E-state index >= 15 is 0 Å². The maximum Gasteiger partial charge on any atom is 0.314 e. The fourth-order valence-electron chi connectivity index (χ4n) is 5.60. The molecule has 0 spiro atoms. The van der Waals surface area contributed by atoms with Gasteiger partial charge in [-0.2, -0.15) is 5.10 Å². The molecular formula is C35H47N5O7S. The average Bonchev–Trinajstić information content (AvgIpc) is 3.64. The molecular weight excluding hydrogens is 634 g/mol. The molecule has 2 aromatic heterocycles. The molecule has 260 valence electrons. The summed E-state index contributed by atoms with van der Waals surface area (Å²) < 4.78 is 25.1. The number of benzene rings is 2. The first-order valence-corrected chi connectivity index (χ1v) is 17.5. The SMILES string of the molecule is CCC(c1cn[nH]c1)N(C)CCc1c(C(C)(C)C)[nH]c2ccc(NC(=O)c3ccc(S(=O)(=O)CC(C)C)cc3)cc12.O=C(O)CC(=O)O. The van der Waals surface area contributed by atoms with Crippen LogP contribution in [0, 0.1) is 5.92 Å². The molecule has 4 rings (SSSR count). The molecule has 13 heteroatoms. The summed E-state index contributed by atoms with van der Waals surface area (Å²) in [6.45, 7) is 13.4. The molecule has 48 heavy (non-hydrogen) atoms. The molecule has 0 aliphatic carbocycles. The molecule has 0 saturated carbocycles. The van der Waals surface area contributed by atoms with Gasteiger partial charge in [0.15, 0.2) is 9.84 Å². The molecule has 0 aliphatic heterocycles. The number of rotatable bonds is 13. The summed E-state index contributed by atoms with van der Waals surface area (Å²) in [4.78, 5) is 38.2. The van der Waals surface area contributed by atoms with Crippen LogP contribution >= 0.6 is 0 Å². The van der Waals surface area contributed by atoms with Crippen molar-refractivity contribution in [1.29, 1.82) is 0 Å². The van der Waals surface area contributed by atoms with Gasteiger partial charge in [0.2, 0.25) is 0 Å². The van der Waals surface area contributed by atoms with Crippen molar-refractivity contribution in [2.45, 2.75) is 77.2 Å². The third kappa shape index (κ3) is 10.3. The van der Waals surface area contributed by atoms with Gasteiger partial charge >= 0.3 is 11.9 Å². The highest BCUT2D eigenvalue weighted by Gasteiger charge is 2.24. The van der Waals surface area contributed by atoms with Crippen LogP contribution in [0.25, 0.3) is 10.9 Å². The number of hydrogen-bond donors (Lipinski definition) is 5. The Hall–Kier alpha value is -4.49. The maximum atomic E-state index is 13.1. The van der Waals surface area contributed by atoms with Gasteiger partial charge in [-0.05, 0) is 73.8 Å². The van der Waals surface area contributed by atoms with Crippen LogP contribution in [0.3, 0.4) is 0 Å². The zero-order valence-corrected chi connectivity index (χ0v) is 29.4. The van der Waals surface area contributed by atoms with E-state index in [1.165, 1.54) is 29.0 Å². The Morgan fingerprint density at radius 1 is 1.02 bits per heavy atom. The first-order valence-electron chi connectivity index (χ1n) is 15.8. The zero-order valence-electron chi connectivity index (χ0n) is 28.6. The largest absolute Gasteiger partial charge is 0.481 e. The summed E-state index contributed by atoms with van der Waals surface area (Å²) in [6, 6.07) is 12.4. The second-order valence-electron chi connectivity index (χ2n) is 13.3. The lowest BCUT2D eigenvalue weighted by atomic mass is 9.87. The molecule has 0 saturated heterocycles. The first-order chi connectivity index (χ1) is 22.4. The van der Waals surface area contributed by atoms with Gasteiger partial charge in [-0.25, -0.2) is 8.42 Å². The van der Waals surface area contributed by atoms with Crippen LogP contribution in [-0.4, -0.2) is 75.9 Å². The molecule has 0 radical (unpaired) electrons. The number of hydrogen-bond acceptors (Lipinski definition) is 7. The van der Waals surface area contributed by atoms with E-state index in [9.17, 15) is 22.8 Å². The van der Waals surface area contributed by atoms with Gasteiger partial charge < -0.3 is 20.5 Å². The van der Waals surface area contributed by atoms with Crippen LogP contribution in [0.4, 0.5) is 5.69 Å². The normalized spacial score (nSPS) is 12.5. The number of H-pyrrole nitrogens is 2. The van der Waals surface area contributed by atoms with Crippen LogP contribution in [0.1, 0.15) is 87.6 Å². The molecule has 4 aromatic rings. The summed E-state index contributed by atoms with van der Waals surface area (Å²) in [5.74, 6) is -2.80. The van der Waals surface area contributed by atoms with Crippen molar-refractivity contribution < 1.29 is 33.0 Å². The number of sulfone groups is 1. The van der Waals surface area contributed by atoms with Gasteiger partial charge in [-0.15, -0.1) is 0 Å². The van der Waals surface area contributed by atoms with E-state index in [4.69, 9.17) is 10.2 Å². The number of carboxylic acids is 2. The van der Waals surface area contributed by atoms with Crippen molar-refractivity contribution in [2.75, 3.05) is 24.7 Å². The minimum Gasteiger partial charge on any atom is -0.481 e. The van der Waals surface area contributed by atoms with E-state index in [2.05, 4.69) is 60.1 Å². The number of aromatic amines is 2. The van der Waals surface area contributed by atoms with Crippen molar-refractivity contribution >= 4 is 44.3 Å². The van der Waals surface area contributed by atoms with Crippen LogP contribution in [0.5, 0.6) is 0 Å². The van der Waals surface area contributed by atoms with Crippen molar-refractivity contribution in [2.24, 2.45) is 5.92 Å². The number of carbonyl (C=O) groups is 3. The lowest BCUT2D eigenvalue weighted by molar-refractivity contribution is -0.147. The lowest BCUT2D eigenvalue weighted by Gasteiger charge is -2.27. The Morgan fingerprint density at radius 2 is 1.67 bits per heavy atom. The second-order valence-corrected chi connectivity index (χ2v) is 15.3. The Kier molecular flexibility index (Phi) is 12.7. The van der Waals surface area contributed by atoms with Gasteiger partial charge in [-0.3, -0.25) is 24.4 Å². The van der Waals surface area contributed by atoms with Gasteiger partial charge in [0, 0.05) is 57.6 Å². The number of anilines is 1. The van der Waals surface area contributed by atoms with Crippen LogP contribution in [0.2, 0.25) is 0 Å². The summed E-state index contributed by atoms with van der Waals surface area (Å²) in [5, 5.41) is 26.6. The number of nitrogens with one attached hydrogen (secondary N) is 3. The van der Waals surface area contributed by atoms with Crippen molar-refractivity contribution in [1.82, 2.24) is 20.1 Å². The molecule has 1 atom stereocenters. The van der Waals surface area contributed by atoms with Crippen LogP contribution in [-0.2, 0) is 31.3 Å². The Morgan fingerprint density at radius 3 is 2.17 bits per heavy atom. The number of amides is 1. The van der Waals surface area contributed by atoms with Crippen molar-refractivity contribution in [3.8, 4) is 0 Å². The molecule has 1 amide bonds. The Bertz CT molecular complexity index is 1790.